The first kappa shape index (κ1) is 13.9. The summed E-state index contributed by atoms with van der Waals surface area (Å²) in [4.78, 5) is 23.2. The van der Waals surface area contributed by atoms with Gasteiger partial charge < -0.3 is 10.1 Å². The zero-order chi connectivity index (χ0) is 14.8. The van der Waals surface area contributed by atoms with Crippen LogP contribution in [0.3, 0.4) is 0 Å². The Morgan fingerprint density at radius 1 is 1.48 bits per heavy atom. The first-order chi connectivity index (χ1) is 10.2. The number of amides is 2. The Kier molecular flexibility index (Phi) is 3.83. The van der Waals surface area contributed by atoms with Gasteiger partial charge in [0.1, 0.15) is 0 Å². The van der Waals surface area contributed by atoms with E-state index < -0.39 is 11.3 Å². The summed E-state index contributed by atoms with van der Waals surface area (Å²) in [5, 5.41) is 7.86. The van der Waals surface area contributed by atoms with Crippen molar-refractivity contribution in [3.8, 4) is 0 Å². The van der Waals surface area contributed by atoms with Gasteiger partial charge in [0.05, 0.1) is 12.8 Å². The van der Waals surface area contributed by atoms with Crippen LogP contribution in [-0.4, -0.2) is 41.5 Å². The number of carbonyl (C=O) groups is 2. The lowest BCUT2D eigenvalue weighted by Gasteiger charge is -2.22. The predicted octanol–water partition coefficient (Wildman–Crippen LogP) is 2.68. The van der Waals surface area contributed by atoms with Crippen LogP contribution in [0.4, 0.5) is 15.3 Å². The van der Waals surface area contributed by atoms with Crippen molar-refractivity contribution in [3.63, 3.8) is 0 Å². The number of benzene rings is 1. The highest BCUT2D eigenvalue weighted by Crippen LogP contribution is 2.26. The Hall–Kier alpha value is -2.02. The molecule has 0 radical (unpaired) electrons. The quantitative estimate of drug-likeness (QED) is 0.863. The Morgan fingerprint density at radius 3 is 3.14 bits per heavy atom. The molecule has 0 bridgehead atoms. The van der Waals surface area contributed by atoms with E-state index >= 15 is 0 Å². The Labute approximate surface area is 126 Å². The predicted molar refractivity (Wildman–Crippen MR) is 81.9 cm³/mol. The standard InChI is InChI=1S/C14H15N3O3S/c1-20-13(18)17-14(19)21-8-12(16-17)10-4-5-11-9(7-10)3-2-6-15-11/h4-5,7,15H,2-3,6,8H2,1H3. The van der Waals surface area contributed by atoms with Crippen molar-refractivity contribution >= 4 is 34.5 Å². The molecule has 0 saturated carbocycles. The lowest BCUT2D eigenvalue weighted by Crippen LogP contribution is -2.35. The Morgan fingerprint density at radius 2 is 2.33 bits per heavy atom. The van der Waals surface area contributed by atoms with E-state index in [1.165, 1.54) is 12.7 Å². The van der Waals surface area contributed by atoms with Gasteiger partial charge in [0.2, 0.25) is 0 Å². The lowest BCUT2D eigenvalue weighted by molar-refractivity contribution is 0.137. The van der Waals surface area contributed by atoms with E-state index in [4.69, 9.17) is 0 Å². The number of aryl methyl sites for hydroxylation is 1. The number of carbonyl (C=O) groups excluding carboxylic acids is 2. The molecule has 0 fully saturated rings. The molecule has 0 aliphatic carbocycles. The number of ether oxygens (including phenoxy) is 1. The summed E-state index contributed by atoms with van der Waals surface area (Å²) in [6, 6.07) is 6.06. The molecule has 3 rings (SSSR count). The molecule has 110 valence electrons. The van der Waals surface area contributed by atoms with Crippen LogP contribution in [0, 0.1) is 0 Å². The smallest absolute Gasteiger partial charge is 0.438 e. The van der Waals surface area contributed by atoms with Crippen molar-refractivity contribution in [2.75, 3.05) is 24.7 Å². The van der Waals surface area contributed by atoms with Crippen molar-refractivity contribution in [3.05, 3.63) is 29.3 Å². The van der Waals surface area contributed by atoms with Crippen molar-refractivity contribution < 1.29 is 14.3 Å². The zero-order valence-electron chi connectivity index (χ0n) is 11.6. The number of nitrogens with zero attached hydrogens (tertiary/aromatic N) is 2. The molecule has 1 aromatic carbocycles. The molecule has 0 atom stereocenters. The molecule has 21 heavy (non-hydrogen) atoms. The Bertz CT molecular complexity index is 630. The second kappa shape index (κ2) is 5.77. The van der Waals surface area contributed by atoms with E-state index in [2.05, 4.69) is 21.2 Å². The first-order valence-corrected chi connectivity index (χ1v) is 7.67. The molecular formula is C14H15N3O3S. The van der Waals surface area contributed by atoms with Gasteiger partial charge in [-0.05, 0) is 36.1 Å². The molecule has 2 heterocycles. The summed E-state index contributed by atoms with van der Waals surface area (Å²) in [7, 11) is 1.23. The summed E-state index contributed by atoms with van der Waals surface area (Å²) in [5.74, 6) is 0.457. The van der Waals surface area contributed by atoms with Crippen LogP contribution in [-0.2, 0) is 11.2 Å². The molecule has 0 aromatic heterocycles. The maximum absolute atomic E-state index is 11.7. The second-order valence-corrected chi connectivity index (χ2v) is 5.71. The topological polar surface area (TPSA) is 71.0 Å². The van der Waals surface area contributed by atoms with E-state index in [9.17, 15) is 9.59 Å². The summed E-state index contributed by atoms with van der Waals surface area (Å²) >= 11 is 1.05. The van der Waals surface area contributed by atoms with Gasteiger partial charge in [-0.25, -0.2) is 4.79 Å². The minimum absolute atomic E-state index is 0.412. The zero-order valence-corrected chi connectivity index (χ0v) is 12.4. The highest BCUT2D eigenvalue weighted by atomic mass is 32.2. The first-order valence-electron chi connectivity index (χ1n) is 6.68. The van der Waals surface area contributed by atoms with E-state index in [-0.39, 0.29) is 0 Å². The second-order valence-electron chi connectivity index (χ2n) is 4.79. The van der Waals surface area contributed by atoms with Crippen molar-refractivity contribution in [2.45, 2.75) is 12.8 Å². The SMILES string of the molecule is COC(=O)N1N=C(c2ccc3c(c2)CCCN3)CSC1=O. The van der Waals surface area contributed by atoms with Crippen LogP contribution in [0.5, 0.6) is 0 Å². The number of anilines is 1. The maximum atomic E-state index is 11.7. The summed E-state index contributed by atoms with van der Waals surface area (Å²) in [6.45, 7) is 0.994. The molecule has 1 N–H and O–H groups in total. The number of imide groups is 1. The van der Waals surface area contributed by atoms with Gasteiger partial charge in [0.25, 0.3) is 0 Å². The molecule has 0 saturated heterocycles. The largest absolute Gasteiger partial charge is 0.451 e. The third-order valence-electron chi connectivity index (χ3n) is 3.45. The van der Waals surface area contributed by atoms with Crippen LogP contribution >= 0.6 is 11.8 Å². The molecule has 2 aliphatic rings. The van der Waals surface area contributed by atoms with E-state index in [0.29, 0.717) is 11.5 Å². The van der Waals surface area contributed by atoms with E-state index in [1.807, 2.05) is 12.1 Å². The molecule has 7 heteroatoms. The fourth-order valence-electron chi connectivity index (χ4n) is 2.38. The van der Waals surface area contributed by atoms with Crippen LogP contribution in [0.2, 0.25) is 0 Å². The van der Waals surface area contributed by atoms with Crippen molar-refractivity contribution in [1.82, 2.24) is 5.01 Å². The number of thioether (sulfide) groups is 1. The third-order valence-corrected chi connectivity index (χ3v) is 4.29. The maximum Gasteiger partial charge on any atom is 0.438 e. The monoisotopic (exact) mass is 305 g/mol. The molecular weight excluding hydrogens is 290 g/mol. The molecule has 1 aromatic rings. The molecule has 2 aliphatic heterocycles. The fourth-order valence-corrected chi connectivity index (χ4v) is 3.10. The number of rotatable bonds is 1. The van der Waals surface area contributed by atoms with Crippen molar-refractivity contribution in [2.24, 2.45) is 5.10 Å². The summed E-state index contributed by atoms with van der Waals surface area (Å²) in [5.41, 5.74) is 4.03. The highest BCUT2D eigenvalue weighted by molar-refractivity contribution is 8.14. The van der Waals surface area contributed by atoms with Crippen LogP contribution < -0.4 is 5.32 Å². The highest BCUT2D eigenvalue weighted by Gasteiger charge is 2.28. The Balaban J connectivity index is 1.92. The number of hydrogen-bond donors (Lipinski definition) is 1. The molecule has 2 amide bonds. The van der Waals surface area contributed by atoms with Gasteiger partial charge in [-0.2, -0.15) is 5.10 Å². The van der Waals surface area contributed by atoms with E-state index in [0.717, 1.165) is 47.4 Å². The van der Waals surface area contributed by atoms with Crippen LogP contribution in [0.1, 0.15) is 17.5 Å². The average Bonchev–Trinajstić information content (AvgIpc) is 2.54. The lowest BCUT2D eigenvalue weighted by atomic mass is 9.99. The van der Waals surface area contributed by atoms with Crippen LogP contribution in [0.15, 0.2) is 23.3 Å². The number of methoxy groups -OCH3 is 1. The number of fused-ring (bicyclic) bond motifs is 1. The molecule has 0 unspecified atom stereocenters. The van der Waals surface area contributed by atoms with Crippen LogP contribution in [0.25, 0.3) is 0 Å². The summed E-state index contributed by atoms with van der Waals surface area (Å²) < 4.78 is 4.57. The van der Waals surface area contributed by atoms with E-state index in [1.54, 1.807) is 0 Å². The van der Waals surface area contributed by atoms with Gasteiger partial charge >= 0.3 is 11.3 Å². The number of nitrogens with one attached hydrogen (secondary N) is 1. The van der Waals surface area contributed by atoms with Gasteiger partial charge in [-0.3, -0.25) is 4.79 Å². The van der Waals surface area contributed by atoms with Gasteiger partial charge in [0, 0.05) is 18.0 Å². The average molecular weight is 305 g/mol. The normalized spacial score (nSPS) is 17.7. The van der Waals surface area contributed by atoms with Crippen molar-refractivity contribution in [1.29, 1.82) is 0 Å². The number of hydrogen-bond acceptors (Lipinski definition) is 6. The fraction of sp³-hybridized carbons (Fsp3) is 0.357. The van der Waals surface area contributed by atoms with Gasteiger partial charge in [-0.15, -0.1) is 5.01 Å². The number of hydrazone groups is 1. The third kappa shape index (κ3) is 2.73. The van der Waals surface area contributed by atoms with Gasteiger partial charge in [-0.1, -0.05) is 17.8 Å². The summed E-state index contributed by atoms with van der Waals surface area (Å²) in [6.07, 6.45) is 1.37. The minimum atomic E-state index is -0.760. The molecule has 0 spiro atoms. The molecule has 6 nitrogen and oxygen atoms in total. The minimum Gasteiger partial charge on any atom is -0.451 e. The van der Waals surface area contributed by atoms with Gasteiger partial charge in [0.15, 0.2) is 0 Å².